The molecule has 4 N–H and O–H groups in total. The van der Waals surface area contributed by atoms with E-state index in [1.807, 2.05) is 0 Å². The van der Waals surface area contributed by atoms with Crippen LogP contribution in [-0.4, -0.2) is 39.9 Å². The SMILES string of the molecule is Cl.O=C(Nc1cn[nH]c1)[C@H]1C[C@@H](O)CN1. The van der Waals surface area contributed by atoms with Crippen molar-refractivity contribution in [2.75, 3.05) is 11.9 Å². The number of rotatable bonds is 2. The number of nitrogens with one attached hydrogen (secondary N) is 3. The highest BCUT2D eigenvalue weighted by atomic mass is 35.5. The Hall–Kier alpha value is -1.11. The highest BCUT2D eigenvalue weighted by molar-refractivity contribution is 5.94. The fraction of sp³-hybridized carbons (Fsp3) is 0.500. The number of hydrogen-bond donors (Lipinski definition) is 4. The first kappa shape index (κ1) is 12.0. The summed E-state index contributed by atoms with van der Waals surface area (Å²) in [5.41, 5.74) is 0.637. The van der Waals surface area contributed by atoms with Crippen LogP contribution in [0.5, 0.6) is 0 Å². The van der Waals surface area contributed by atoms with Gasteiger partial charge in [0.2, 0.25) is 5.91 Å². The molecule has 0 spiro atoms. The lowest BCUT2D eigenvalue weighted by Crippen LogP contribution is -2.35. The molecule has 0 bridgehead atoms. The van der Waals surface area contributed by atoms with Crippen molar-refractivity contribution in [2.24, 2.45) is 0 Å². The Bertz CT molecular complexity index is 316. The maximum Gasteiger partial charge on any atom is 0.241 e. The Kier molecular flexibility index (Phi) is 4.07. The minimum atomic E-state index is -0.421. The van der Waals surface area contributed by atoms with Crippen LogP contribution in [0.25, 0.3) is 0 Å². The zero-order chi connectivity index (χ0) is 9.97. The van der Waals surface area contributed by atoms with Crippen molar-refractivity contribution in [3.8, 4) is 0 Å². The molecule has 1 aliphatic rings. The van der Waals surface area contributed by atoms with Gasteiger partial charge in [-0.2, -0.15) is 5.10 Å². The van der Waals surface area contributed by atoms with Crippen LogP contribution < -0.4 is 10.6 Å². The van der Waals surface area contributed by atoms with Gasteiger partial charge in [-0.3, -0.25) is 9.89 Å². The van der Waals surface area contributed by atoms with Crippen molar-refractivity contribution < 1.29 is 9.90 Å². The molecule has 15 heavy (non-hydrogen) atoms. The zero-order valence-corrected chi connectivity index (χ0v) is 8.75. The summed E-state index contributed by atoms with van der Waals surface area (Å²) < 4.78 is 0. The van der Waals surface area contributed by atoms with Gasteiger partial charge in [0.1, 0.15) is 0 Å². The van der Waals surface area contributed by atoms with Gasteiger partial charge in [-0.25, -0.2) is 0 Å². The number of aliphatic hydroxyl groups is 1. The molecule has 1 amide bonds. The molecule has 0 unspecified atom stereocenters. The fourth-order valence-corrected chi connectivity index (χ4v) is 1.47. The molecule has 1 aromatic heterocycles. The first-order valence-corrected chi connectivity index (χ1v) is 4.47. The number of aliphatic hydroxyl groups excluding tert-OH is 1. The topological polar surface area (TPSA) is 90.0 Å². The van der Waals surface area contributed by atoms with Crippen LogP contribution in [0.2, 0.25) is 0 Å². The number of aromatic amines is 1. The summed E-state index contributed by atoms with van der Waals surface area (Å²) in [6.07, 6.45) is 3.17. The van der Waals surface area contributed by atoms with Gasteiger partial charge in [-0.1, -0.05) is 0 Å². The normalized spacial score (nSPS) is 24.6. The molecule has 0 saturated carbocycles. The van der Waals surface area contributed by atoms with Gasteiger partial charge in [-0.05, 0) is 6.42 Å². The second kappa shape index (κ2) is 5.11. The minimum absolute atomic E-state index is 0. The maximum absolute atomic E-state index is 11.5. The molecule has 1 saturated heterocycles. The molecule has 6 nitrogen and oxygen atoms in total. The van der Waals surface area contributed by atoms with E-state index in [1.165, 1.54) is 6.20 Å². The lowest BCUT2D eigenvalue weighted by Gasteiger charge is -2.08. The molecule has 7 heteroatoms. The monoisotopic (exact) mass is 232 g/mol. The van der Waals surface area contributed by atoms with Crippen molar-refractivity contribution in [3.05, 3.63) is 12.4 Å². The smallest absolute Gasteiger partial charge is 0.241 e. The highest BCUT2D eigenvalue weighted by Crippen LogP contribution is 2.09. The summed E-state index contributed by atoms with van der Waals surface area (Å²) in [6, 6.07) is -0.306. The molecule has 2 rings (SSSR count). The number of carbonyl (C=O) groups excluding carboxylic acids is 1. The molecular weight excluding hydrogens is 220 g/mol. The fourth-order valence-electron chi connectivity index (χ4n) is 1.47. The quantitative estimate of drug-likeness (QED) is 0.553. The predicted octanol–water partition coefficient (Wildman–Crippen LogP) is -0.507. The maximum atomic E-state index is 11.5. The number of nitrogens with zero attached hydrogens (tertiary/aromatic N) is 1. The third-order valence-electron chi connectivity index (χ3n) is 2.19. The van der Waals surface area contributed by atoms with Crippen molar-refractivity contribution in [1.82, 2.24) is 15.5 Å². The van der Waals surface area contributed by atoms with Gasteiger partial charge in [-0.15, -0.1) is 12.4 Å². The van der Waals surface area contributed by atoms with Crippen molar-refractivity contribution in [3.63, 3.8) is 0 Å². The Morgan fingerprint density at radius 2 is 2.47 bits per heavy atom. The molecule has 84 valence electrons. The van der Waals surface area contributed by atoms with E-state index >= 15 is 0 Å². The number of H-pyrrole nitrogens is 1. The van der Waals surface area contributed by atoms with E-state index in [1.54, 1.807) is 6.20 Å². The molecular formula is C8H13ClN4O2. The third-order valence-corrected chi connectivity index (χ3v) is 2.19. The Morgan fingerprint density at radius 3 is 3.00 bits per heavy atom. The largest absolute Gasteiger partial charge is 0.392 e. The van der Waals surface area contributed by atoms with E-state index in [0.29, 0.717) is 18.7 Å². The van der Waals surface area contributed by atoms with E-state index in [0.717, 1.165) is 0 Å². The van der Waals surface area contributed by atoms with E-state index in [9.17, 15) is 9.90 Å². The van der Waals surface area contributed by atoms with Crippen molar-refractivity contribution in [1.29, 1.82) is 0 Å². The number of carbonyl (C=O) groups is 1. The summed E-state index contributed by atoms with van der Waals surface area (Å²) >= 11 is 0. The third kappa shape index (κ3) is 2.92. The summed E-state index contributed by atoms with van der Waals surface area (Å²) in [7, 11) is 0. The summed E-state index contributed by atoms with van der Waals surface area (Å²) in [5, 5.41) is 21.1. The van der Waals surface area contributed by atoms with Gasteiger partial charge in [0.15, 0.2) is 0 Å². The number of hydrogen-bond acceptors (Lipinski definition) is 4. The van der Waals surface area contributed by atoms with Gasteiger partial charge < -0.3 is 15.7 Å². The van der Waals surface area contributed by atoms with Crippen LogP contribution in [0, 0.1) is 0 Å². The summed E-state index contributed by atoms with van der Waals surface area (Å²) in [6.45, 7) is 0.476. The first-order chi connectivity index (χ1) is 6.75. The first-order valence-electron chi connectivity index (χ1n) is 4.47. The molecule has 2 heterocycles. The van der Waals surface area contributed by atoms with Crippen LogP contribution in [0.4, 0.5) is 5.69 Å². The number of halogens is 1. The van der Waals surface area contributed by atoms with Crippen molar-refractivity contribution >= 4 is 24.0 Å². The molecule has 0 aliphatic carbocycles. The Labute approximate surface area is 92.9 Å². The lowest BCUT2D eigenvalue weighted by molar-refractivity contribution is -0.117. The molecule has 1 fully saturated rings. The number of β-amino-alcohol motifs (C(OH)–C–C–N with tert-alkyl or cyclic N) is 1. The van der Waals surface area contributed by atoms with Gasteiger partial charge in [0.25, 0.3) is 0 Å². The summed E-state index contributed by atoms with van der Waals surface area (Å²) in [5.74, 6) is -0.136. The second-order valence-electron chi connectivity index (χ2n) is 3.33. The van der Waals surface area contributed by atoms with Gasteiger partial charge >= 0.3 is 0 Å². The predicted molar refractivity (Wildman–Crippen MR) is 56.9 cm³/mol. The number of anilines is 1. The molecule has 1 aromatic rings. The van der Waals surface area contributed by atoms with Gasteiger partial charge in [0.05, 0.1) is 24.0 Å². The van der Waals surface area contributed by atoms with Crippen LogP contribution in [0.3, 0.4) is 0 Å². The average Bonchev–Trinajstić information content (AvgIpc) is 2.75. The lowest BCUT2D eigenvalue weighted by atomic mass is 10.2. The van der Waals surface area contributed by atoms with Crippen LogP contribution in [0.15, 0.2) is 12.4 Å². The van der Waals surface area contributed by atoms with Crippen LogP contribution in [0.1, 0.15) is 6.42 Å². The Balaban J connectivity index is 0.00000112. The van der Waals surface area contributed by atoms with Crippen LogP contribution in [-0.2, 0) is 4.79 Å². The number of amides is 1. The Morgan fingerprint density at radius 1 is 1.67 bits per heavy atom. The van der Waals surface area contributed by atoms with Crippen LogP contribution >= 0.6 is 12.4 Å². The molecule has 0 aromatic carbocycles. The van der Waals surface area contributed by atoms with E-state index in [-0.39, 0.29) is 24.4 Å². The van der Waals surface area contributed by atoms with Crippen molar-refractivity contribution in [2.45, 2.75) is 18.6 Å². The standard InChI is InChI=1S/C8H12N4O2.ClH/c13-6-1-7(9-4-6)8(14)12-5-2-10-11-3-5;/h2-3,6-7,9,13H,1,4H2,(H,10,11)(H,12,14);1H/t6-,7-;/m1./s1. The molecule has 0 radical (unpaired) electrons. The van der Waals surface area contributed by atoms with Gasteiger partial charge in [0, 0.05) is 12.7 Å². The average molecular weight is 233 g/mol. The zero-order valence-electron chi connectivity index (χ0n) is 7.93. The van der Waals surface area contributed by atoms with E-state index in [4.69, 9.17) is 0 Å². The second-order valence-corrected chi connectivity index (χ2v) is 3.33. The summed E-state index contributed by atoms with van der Waals surface area (Å²) in [4.78, 5) is 11.5. The van der Waals surface area contributed by atoms with E-state index in [2.05, 4.69) is 20.8 Å². The minimum Gasteiger partial charge on any atom is -0.392 e. The highest BCUT2D eigenvalue weighted by Gasteiger charge is 2.27. The van der Waals surface area contributed by atoms with E-state index < -0.39 is 6.10 Å². The molecule has 1 aliphatic heterocycles. The molecule has 2 atom stereocenters. The number of aromatic nitrogens is 2.